The van der Waals surface area contributed by atoms with Crippen LogP contribution in [-0.2, 0) is 4.74 Å². The lowest BCUT2D eigenvalue weighted by Crippen LogP contribution is -2.30. The van der Waals surface area contributed by atoms with Crippen molar-refractivity contribution in [2.45, 2.75) is 52.6 Å². The SMILES string of the molecule is C=CC(CCC)C(CCC)OC(=O)On1c(C)csc1=S. The van der Waals surface area contributed by atoms with Gasteiger partial charge in [-0.05, 0) is 32.0 Å². The first-order valence-electron chi connectivity index (χ1n) is 7.22. The molecule has 4 nitrogen and oxygen atoms in total. The molecule has 0 bridgehead atoms. The summed E-state index contributed by atoms with van der Waals surface area (Å²) in [5.74, 6) is 0.152. The third-order valence-electron chi connectivity index (χ3n) is 3.21. The highest BCUT2D eigenvalue weighted by Gasteiger charge is 2.23. The molecular formula is C15H23NO3S2. The van der Waals surface area contributed by atoms with Crippen LogP contribution in [-0.4, -0.2) is 17.0 Å². The molecule has 0 saturated heterocycles. The van der Waals surface area contributed by atoms with Crippen molar-refractivity contribution in [1.82, 2.24) is 4.73 Å². The highest BCUT2D eigenvalue weighted by molar-refractivity contribution is 7.73. The van der Waals surface area contributed by atoms with E-state index in [4.69, 9.17) is 21.8 Å². The summed E-state index contributed by atoms with van der Waals surface area (Å²) in [6, 6.07) is 0. The van der Waals surface area contributed by atoms with E-state index >= 15 is 0 Å². The van der Waals surface area contributed by atoms with Crippen LogP contribution in [0.5, 0.6) is 0 Å². The summed E-state index contributed by atoms with van der Waals surface area (Å²) in [5, 5.41) is 1.84. The predicted molar refractivity (Wildman–Crippen MR) is 88.2 cm³/mol. The highest BCUT2D eigenvalue weighted by atomic mass is 32.1. The topological polar surface area (TPSA) is 40.5 Å². The van der Waals surface area contributed by atoms with Crippen LogP contribution in [0.15, 0.2) is 18.0 Å². The first-order chi connectivity index (χ1) is 10.0. The van der Waals surface area contributed by atoms with Gasteiger partial charge in [0.15, 0.2) is 3.95 Å². The van der Waals surface area contributed by atoms with E-state index in [0.717, 1.165) is 31.4 Å². The molecule has 21 heavy (non-hydrogen) atoms. The number of hydrogen-bond donors (Lipinski definition) is 0. The second-order valence-electron chi connectivity index (χ2n) is 4.91. The fourth-order valence-electron chi connectivity index (χ4n) is 2.14. The fourth-order valence-corrected chi connectivity index (χ4v) is 3.11. The normalized spacial score (nSPS) is 13.5. The summed E-state index contributed by atoms with van der Waals surface area (Å²) in [7, 11) is 0. The monoisotopic (exact) mass is 329 g/mol. The maximum Gasteiger partial charge on any atom is 0.534 e. The van der Waals surface area contributed by atoms with Crippen LogP contribution >= 0.6 is 23.6 Å². The molecule has 118 valence electrons. The van der Waals surface area contributed by atoms with Crippen LogP contribution in [0.4, 0.5) is 4.79 Å². The maximum atomic E-state index is 12.0. The van der Waals surface area contributed by atoms with Gasteiger partial charge in [-0.1, -0.05) is 32.8 Å². The van der Waals surface area contributed by atoms with E-state index in [1.807, 2.05) is 18.4 Å². The number of thiazole rings is 1. The van der Waals surface area contributed by atoms with Gasteiger partial charge in [-0.2, -0.15) is 4.73 Å². The van der Waals surface area contributed by atoms with Gasteiger partial charge >= 0.3 is 6.16 Å². The van der Waals surface area contributed by atoms with Crippen molar-refractivity contribution >= 4 is 29.7 Å². The lowest BCUT2D eigenvalue weighted by atomic mass is 9.94. The highest BCUT2D eigenvalue weighted by Crippen LogP contribution is 2.20. The van der Waals surface area contributed by atoms with E-state index in [0.29, 0.717) is 3.95 Å². The number of hydrogen-bond acceptors (Lipinski definition) is 5. The summed E-state index contributed by atoms with van der Waals surface area (Å²) < 4.78 is 7.30. The molecule has 6 heteroatoms. The number of aryl methyl sites for hydroxylation is 1. The second kappa shape index (κ2) is 9.00. The quantitative estimate of drug-likeness (QED) is 0.385. The van der Waals surface area contributed by atoms with Crippen LogP contribution in [0.25, 0.3) is 0 Å². The van der Waals surface area contributed by atoms with E-state index in [9.17, 15) is 4.79 Å². The van der Waals surface area contributed by atoms with Crippen molar-refractivity contribution in [2.75, 3.05) is 0 Å². The zero-order valence-electron chi connectivity index (χ0n) is 12.8. The molecule has 0 aromatic carbocycles. The van der Waals surface area contributed by atoms with Crippen LogP contribution < -0.4 is 4.84 Å². The molecule has 0 aliphatic carbocycles. The Labute approximate surface area is 135 Å². The lowest BCUT2D eigenvalue weighted by molar-refractivity contribution is -0.000558. The summed E-state index contributed by atoms with van der Waals surface area (Å²) >= 11 is 6.45. The number of aromatic nitrogens is 1. The summed E-state index contributed by atoms with van der Waals surface area (Å²) in [4.78, 5) is 17.2. The third-order valence-corrected chi connectivity index (χ3v) is 4.49. The molecule has 1 rings (SSSR count). The van der Waals surface area contributed by atoms with E-state index in [-0.39, 0.29) is 12.0 Å². The number of ether oxygens (including phenoxy) is 1. The standard InChI is InChI=1S/C15H23NO3S2/c1-5-8-12(7-3)13(9-6-2)18-15(17)19-16-11(4)10-21-14(16)20/h7,10,12-13H,3,5-6,8-9H2,1-2,4H3. The van der Waals surface area contributed by atoms with Gasteiger partial charge < -0.3 is 4.74 Å². The van der Waals surface area contributed by atoms with E-state index in [1.54, 1.807) is 0 Å². The molecule has 0 fully saturated rings. The minimum atomic E-state index is -0.714. The molecule has 0 N–H and O–H groups in total. The lowest BCUT2D eigenvalue weighted by Gasteiger charge is -2.23. The second-order valence-corrected chi connectivity index (χ2v) is 6.42. The molecule has 1 aromatic rings. The fraction of sp³-hybridized carbons (Fsp3) is 0.600. The van der Waals surface area contributed by atoms with Crippen LogP contribution in [0, 0.1) is 16.8 Å². The van der Waals surface area contributed by atoms with E-state index < -0.39 is 6.16 Å². The summed E-state index contributed by atoms with van der Waals surface area (Å²) in [5.41, 5.74) is 0.780. The molecule has 1 heterocycles. The van der Waals surface area contributed by atoms with E-state index in [1.165, 1.54) is 16.1 Å². The van der Waals surface area contributed by atoms with Gasteiger partial charge in [0, 0.05) is 11.3 Å². The first-order valence-corrected chi connectivity index (χ1v) is 8.50. The smallest absolute Gasteiger partial charge is 0.429 e. The minimum Gasteiger partial charge on any atom is -0.429 e. The minimum absolute atomic E-state index is 0.152. The molecule has 2 atom stereocenters. The average molecular weight is 329 g/mol. The van der Waals surface area contributed by atoms with Crippen molar-refractivity contribution in [1.29, 1.82) is 0 Å². The van der Waals surface area contributed by atoms with Crippen molar-refractivity contribution in [3.05, 3.63) is 27.7 Å². The molecule has 2 unspecified atom stereocenters. The molecule has 0 radical (unpaired) electrons. The Balaban J connectivity index is 2.72. The summed E-state index contributed by atoms with van der Waals surface area (Å²) in [6.07, 6.45) is 4.63. The van der Waals surface area contributed by atoms with Gasteiger partial charge in [0.25, 0.3) is 0 Å². The van der Waals surface area contributed by atoms with Crippen molar-refractivity contribution < 1.29 is 14.4 Å². The van der Waals surface area contributed by atoms with Gasteiger partial charge in [0.05, 0.1) is 5.69 Å². The third kappa shape index (κ3) is 5.28. The molecule has 1 aromatic heterocycles. The van der Waals surface area contributed by atoms with Gasteiger partial charge in [-0.25, -0.2) is 4.79 Å². The van der Waals surface area contributed by atoms with Crippen molar-refractivity contribution in [3.63, 3.8) is 0 Å². The van der Waals surface area contributed by atoms with E-state index in [2.05, 4.69) is 20.4 Å². The number of carbonyl (C=O) groups is 1. The molecule has 0 aliphatic heterocycles. The van der Waals surface area contributed by atoms with Gasteiger partial charge in [0.2, 0.25) is 0 Å². The average Bonchev–Trinajstić information content (AvgIpc) is 2.76. The number of nitrogens with zero attached hydrogens (tertiary/aromatic N) is 1. The van der Waals surface area contributed by atoms with Gasteiger partial charge in [0.1, 0.15) is 6.10 Å². The predicted octanol–water partition coefficient (Wildman–Crippen LogP) is 4.92. The van der Waals surface area contributed by atoms with Crippen molar-refractivity contribution in [2.24, 2.45) is 5.92 Å². The van der Waals surface area contributed by atoms with Gasteiger partial charge in [-0.15, -0.1) is 17.9 Å². The van der Waals surface area contributed by atoms with Gasteiger partial charge in [-0.3, -0.25) is 4.84 Å². The zero-order chi connectivity index (χ0) is 15.8. The number of rotatable bonds is 8. The molecule has 0 amide bonds. The Morgan fingerprint density at radius 1 is 1.48 bits per heavy atom. The largest absolute Gasteiger partial charge is 0.534 e. The Kier molecular flexibility index (Phi) is 7.67. The molecule has 0 aliphatic rings. The summed E-state index contributed by atoms with van der Waals surface area (Å²) in [6.45, 7) is 9.83. The first kappa shape index (κ1) is 17.9. The molecule has 0 saturated carbocycles. The Morgan fingerprint density at radius 2 is 2.14 bits per heavy atom. The van der Waals surface area contributed by atoms with Crippen LogP contribution in [0.1, 0.15) is 45.2 Å². The Bertz CT molecular complexity index is 521. The van der Waals surface area contributed by atoms with Crippen LogP contribution in [0.3, 0.4) is 0 Å². The Hall–Kier alpha value is -1.14. The molecule has 0 spiro atoms. The number of carbonyl (C=O) groups excluding carboxylic acids is 1. The Morgan fingerprint density at radius 3 is 2.62 bits per heavy atom. The molecular weight excluding hydrogens is 306 g/mol. The maximum absolute atomic E-state index is 12.0. The van der Waals surface area contributed by atoms with Crippen molar-refractivity contribution in [3.8, 4) is 0 Å². The zero-order valence-corrected chi connectivity index (χ0v) is 14.5. The van der Waals surface area contributed by atoms with Crippen LogP contribution in [0.2, 0.25) is 0 Å².